The van der Waals surface area contributed by atoms with Crippen LogP contribution < -0.4 is 5.32 Å². The lowest BCUT2D eigenvalue weighted by molar-refractivity contribution is 0.239. The van der Waals surface area contributed by atoms with E-state index in [-0.39, 0.29) is 12.6 Å². The van der Waals surface area contributed by atoms with Crippen molar-refractivity contribution >= 4 is 27.7 Å². The third-order valence-corrected chi connectivity index (χ3v) is 4.89. The van der Waals surface area contributed by atoms with E-state index in [1.807, 2.05) is 17.8 Å². The van der Waals surface area contributed by atoms with Crippen molar-refractivity contribution in [1.29, 1.82) is 0 Å². The largest absolute Gasteiger partial charge is 0.395 e. The van der Waals surface area contributed by atoms with Crippen LogP contribution in [0.5, 0.6) is 0 Å². The fourth-order valence-electron chi connectivity index (χ4n) is 1.68. The molecule has 0 radical (unpaired) electrons. The number of hydrogen-bond acceptors (Lipinski definition) is 3. The van der Waals surface area contributed by atoms with Crippen LogP contribution in [0.1, 0.15) is 19.3 Å². The summed E-state index contributed by atoms with van der Waals surface area (Å²) < 4.78 is 1.15. The Morgan fingerprint density at radius 3 is 2.82 bits per heavy atom. The van der Waals surface area contributed by atoms with Gasteiger partial charge in [0.05, 0.1) is 6.61 Å². The zero-order valence-corrected chi connectivity index (χ0v) is 12.1. The molecule has 0 saturated heterocycles. The molecule has 1 aliphatic carbocycles. The van der Waals surface area contributed by atoms with Gasteiger partial charge in [0.15, 0.2) is 0 Å². The zero-order chi connectivity index (χ0) is 12.1. The van der Waals surface area contributed by atoms with Crippen LogP contribution in [0.4, 0.5) is 0 Å². The Hall–Kier alpha value is -0.0300. The standard InChI is InChI=1S/C13H18BrNOS/c14-12-3-1-2-4-13(12)17-8-7-11(9-16)15-10-5-6-10/h1-4,10-11,15-16H,5-9H2. The molecule has 1 atom stereocenters. The molecule has 1 aromatic carbocycles. The van der Waals surface area contributed by atoms with Crippen LogP contribution in [0, 0.1) is 0 Å². The lowest BCUT2D eigenvalue weighted by Gasteiger charge is -2.15. The first kappa shape index (κ1) is 13.4. The first-order chi connectivity index (χ1) is 8.29. The molecule has 17 heavy (non-hydrogen) atoms. The van der Waals surface area contributed by atoms with Crippen LogP contribution in [0.25, 0.3) is 0 Å². The van der Waals surface area contributed by atoms with Gasteiger partial charge in [-0.1, -0.05) is 12.1 Å². The van der Waals surface area contributed by atoms with E-state index >= 15 is 0 Å². The summed E-state index contributed by atoms with van der Waals surface area (Å²) in [7, 11) is 0. The van der Waals surface area contributed by atoms with Gasteiger partial charge in [-0.2, -0.15) is 0 Å². The maximum atomic E-state index is 9.27. The lowest BCUT2D eigenvalue weighted by Crippen LogP contribution is -2.34. The number of thioether (sulfide) groups is 1. The van der Waals surface area contributed by atoms with E-state index in [9.17, 15) is 5.11 Å². The Bertz CT molecular complexity index is 357. The molecule has 0 aliphatic heterocycles. The van der Waals surface area contributed by atoms with Crippen LogP contribution in [0.3, 0.4) is 0 Å². The molecule has 1 aromatic rings. The van der Waals surface area contributed by atoms with Crippen molar-refractivity contribution < 1.29 is 5.11 Å². The molecule has 2 N–H and O–H groups in total. The lowest BCUT2D eigenvalue weighted by atomic mass is 10.2. The first-order valence-electron chi connectivity index (χ1n) is 6.04. The third-order valence-electron chi connectivity index (χ3n) is 2.83. The summed E-state index contributed by atoms with van der Waals surface area (Å²) in [5, 5.41) is 12.7. The number of nitrogens with one attached hydrogen (secondary N) is 1. The van der Waals surface area contributed by atoms with Crippen molar-refractivity contribution in [3.05, 3.63) is 28.7 Å². The van der Waals surface area contributed by atoms with Crippen molar-refractivity contribution in [3.8, 4) is 0 Å². The van der Waals surface area contributed by atoms with E-state index in [1.165, 1.54) is 17.7 Å². The van der Waals surface area contributed by atoms with Crippen molar-refractivity contribution in [2.45, 2.75) is 36.2 Å². The van der Waals surface area contributed by atoms with Crippen LogP contribution in [0.2, 0.25) is 0 Å². The first-order valence-corrected chi connectivity index (χ1v) is 7.81. The average molecular weight is 316 g/mol. The Labute approximate surface area is 115 Å². The number of halogens is 1. The van der Waals surface area contributed by atoms with E-state index in [0.29, 0.717) is 6.04 Å². The minimum Gasteiger partial charge on any atom is -0.395 e. The van der Waals surface area contributed by atoms with Gasteiger partial charge in [-0.25, -0.2) is 0 Å². The minimum atomic E-state index is 0.243. The second-order valence-electron chi connectivity index (χ2n) is 4.39. The number of rotatable bonds is 7. The molecule has 1 aliphatic rings. The van der Waals surface area contributed by atoms with Gasteiger partial charge < -0.3 is 10.4 Å². The fraction of sp³-hybridized carbons (Fsp3) is 0.538. The number of aliphatic hydroxyl groups is 1. The molecule has 0 heterocycles. The van der Waals surface area contributed by atoms with Crippen molar-refractivity contribution in [1.82, 2.24) is 5.32 Å². The summed E-state index contributed by atoms with van der Waals surface area (Å²) in [5.74, 6) is 1.04. The highest BCUT2D eigenvalue weighted by molar-refractivity contribution is 9.10. The van der Waals surface area contributed by atoms with Gasteiger partial charge in [-0.3, -0.25) is 0 Å². The number of aliphatic hydroxyl groups excluding tert-OH is 1. The second-order valence-corrected chi connectivity index (χ2v) is 6.38. The maximum absolute atomic E-state index is 9.27. The summed E-state index contributed by atoms with van der Waals surface area (Å²) in [6, 6.07) is 9.20. The molecule has 2 rings (SSSR count). The fourth-order valence-corrected chi connectivity index (χ4v) is 3.31. The normalized spacial score (nSPS) is 17.1. The van der Waals surface area contributed by atoms with Crippen LogP contribution >= 0.6 is 27.7 Å². The molecular weight excluding hydrogens is 298 g/mol. The van der Waals surface area contributed by atoms with Gasteiger partial charge >= 0.3 is 0 Å². The van der Waals surface area contributed by atoms with Crippen LogP contribution in [-0.4, -0.2) is 29.5 Å². The third kappa shape index (κ3) is 4.62. The molecular formula is C13H18BrNOS. The van der Waals surface area contributed by atoms with Gasteiger partial charge in [0.2, 0.25) is 0 Å². The quantitative estimate of drug-likeness (QED) is 0.759. The topological polar surface area (TPSA) is 32.3 Å². The van der Waals surface area contributed by atoms with Gasteiger partial charge in [-0.15, -0.1) is 11.8 Å². The minimum absolute atomic E-state index is 0.243. The highest BCUT2D eigenvalue weighted by Gasteiger charge is 2.23. The predicted octanol–water partition coefficient (Wildman–Crippen LogP) is 3.04. The predicted molar refractivity (Wildman–Crippen MR) is 76.5 cm³/mol. The molecule has 0 aromatic heterocycles. The summed E-state index contributed by atoms with van der Waals surface area (Å²) in [4.78, 5) is 1.27. The second kappa shape index (κ2) is 6.78. The van der Waals surface area contributed by atoms with Crippen molar-refractivity contribution in [2.75, 3.05) is 12.4 Å². The number of hydrogen-bond donors (Lipinski definition) is 2. The van der Waals surface area contributed by atoms with Crippen molar-refractivity contribution in [3.63, 3.8) is 0 Å². The van der Waals surface area contributed by atoms with E-state index in [0.717, 1.165) is 16.6 Å². The highest BCUT2D eigenvalue weighted by Crippen LogP contribution is 2.28. The summed E-state index contributed by atoms with van der Waals surface area (Å²) in [6.07, 6.45) is 3.56. The summed E-state index contributed by atoms with van der Waals surface area (Å²) >= 11 is 5.39. The molecule has 1 fully saturated rings. The van der Waals surface area contributed by atoms with E-state index in [2.05, 4.69) is 39.4 Å². The molecule has 94 valence electrons. The Balaban J connectivity index is 1.72. The van der Waals surface area contributed by atoms with Crippen molar-refractivity contribution in [2.24, 2.45) is 0 Å². The molecule has 4 heteroatoms. The molecule has 0 amide bonds. The highest BCUT2D eigenvalue weighted by atomic mass is 79.9. The Morgan fingerprint density at radius 2 is 2.18 bits per heavy atom. The number of benzene rings is 1. The summed E-state index contributed by atoms with van der Waals surface area (Å²) in [6.45, 7) is 0.243. The molecule has 1 saturated carbocycles. The monoisotopic (exact) mass is 315 g/mol. The smallest absolute Gasteiger partial charge is 0.0585 e. The Kier molecular flexibility index (Phi) is 5.35. The van der Waals surface area contributed by atoms with Gasteiger partial charge in [-0.05, 0) is 53.1 Å². The average Bonchev–Trinajstić information content (AvgIpc) is 3.14. The zero-order valence-electron chi connectivity index (χ0n) is 9.73. The van der Waals surface area contributed by atoms with Crippen LogP contribution in [-0.2, 0) is 0 Å². The molecule has 1 unspecified atom stereocenters. The summed E-state index contributed by atoms with van der Waals surface area (Å²) in [5.41, 5.74) is 0. The van der Waals surface area contributed by atoms with Gasteiger partial charge in [0.1, 0.15) is 0 Å². The SMILES string of the molecule is OCC(CCSc1ccccc1Br)NC1CC1. The molecule has 2 nitrogen and oxygen atoms in total. The van der Waals surface area contributed by atoms with Gasteiger partial charge in [0.25, 0.3) is 0 Å². The van der Waals surface area contributed by atoms with E-state index < -0.39 is 0 Å². The molecule has 0 bridgehead atoms. The molecule has 0 spiro atoms. The van der Waals surface area contributed by atoms with E-state index in [1.54, 1.807) is 0 Å². The van der Waals surface area contributed by atoms with E-state index in [4.69, 9.17) is 0 Å². The van der Waals surface area contributed by atoms with Crippen LogP contribution in [0.15, 0.2) is 33.6 Å². The maximum Gasteiger partial charge on any atom is 0.0585 e. The Morgan fingerprint density at radius 1 is 1.41 bits per heavy atom. The van der Waals surface area contributed by atoms with Gasteiger partial charge in [0, 0.05) is 21.5 Å².